The van der Waals surface area contributed by atoms with E-state index in [-0.39, 0.29) is 17.1 Å². The predicted octanol–water partition coefficient (Wildman–Crippen LogP) is 5.98. The maximum absolute atomic E-state index is 13.8. The van der Waals surface area contributed by atoms with Gasteiger partial charge in [0.15, 0.2) is 5.43 Å². The second kappa shape index (κ2) is 8.67. The Bertz CT molecular complexity index is 1470. The Morgan fingerprint density at radius 1 is 1.06 bits per heavy atom. The van der Waals surface area contributed by atoms with Crippen LogP contribution in [0.25, 0.3) is 11.0 Å². The average Bonchev–Trinajstić information content (AvgIpc) is 3.16. The summed E-state index contributed by atoms with van der Waals surface area (Å²) in [7, 11) is 0. The van der Waals surface area contributed by atoms with Gasteiger partial charge in [-0.2, -0.15) is 0 Å². The lowest BCUT2D eigenvalue weighted by Crippen LogP contribution is -2.29. The summed E-state index contributed by atoms with van der Waals surface area (Å²) in [6.45, 7) is 8.07. The number of carbonyl (C=O) groups excluding carboxylic acids is 1. The number of carbonyl (C=O) groups is 1. The Balaban J connectivity index is 1.75. The van der Waals surface area contributed by atoms with Gasteiger partial charge in [0.05, 0.1) is 17.0 Å². The molecule has 1 amide bonds. The molecule has 0 saturated carbocycles. The van der Waals surface area contributed by atoms with Crippen molar-refractivity contribution in [2.75, 3.05) is 11.5 Å². The smallest absolute Gasteiger partial charge is 0.295 e. The Morgan fingerprint density at radius 2 is 1.85 bits per heavy atom. The lowest BCUT2D eigenvalue weighted by atomic mass is 9.97. The second-order valence-electron chi connectivity index (χ2n) is 8.44. The maximum atomic E-state index is 13.8. The molecule has 170 valence electrons. The van der Waals surface area contributed by atoms with Crippen LogP contribution in [0.15, 0.2) is 88.6 Å². The first-order chi connectivity index (χ1) is 16.5. The topological polar surface area (TPSA) is 59.8 Å². The number of rotatable bonds is 6. The highest BCUT2D eigenvalue weighted by Crippen LogP contribution is 2.42. The van der Waals surface area contributed by atoms with Gasteiger partial charge in [0.25, 0.3) is 5.91 Å². The van der Waals surface area contributed by atoms with Gasteiger partial charge in [-0.05, 0) is 60.9 Å². The number of amides is 1. The van der Waals surface area contributed by atoms with Crippen molar-refractivity contribution in [2.45, 2.75) is 26.3 Å². The fourth-order valence-electron chi connectivity index (χ4n) is 4.49. The third-order valence-electron chi connectivity index (χ3n) is 6.19. The molecule has 0 N–H and O–H groups in total. The van der Waals surface area contributed by atoms with E-state index < -0.39 is 6.04 Å². The molecule has 1 aromatic heterocycles. The van der Waals surface area contributed by atoms with E-state index in [0.29, 0.717) is 34.6 Å². The van der Waals surface area contributed by atoms with Crippen LogP contribution in [-0.2, 0) is 6.42 Å². The van der Waals surface area contributed by atoms with E-state index in [2.05, 4.69) is 13.5 Å². The van der Waals surface area contributed by atoms with Crippen LogP contribution in [0.4, 0.5) is 5.69 Å². The number of nitrogens with zero attached hydrogens (tertiary/aromatic N) is 1. The van der Waals surface area contributed by atoms with E-state index in [4.69, 9.17) is 9.15 Å². The van der Waals surface area contributed by atoms with Gasteiger partial charge in [0, 0.05) is 5.69 Å². The molecule has 5 heteroatoms. The Morgan fingerprint density at radius 3 is 2.59 bits per heavy atom. The first-order valence-electron chi connectivity index (χ1n) is 11.3. The number of hydrogen-bond donors (Lipinski definition) is 0. The van der Waals surface area contributed by atoms with Crippen molar-refractivity contribution in [3.8, 4) is 5.75 Å². The van der Waals surface area contributed by atoms with Crippen molar-refractivity contribution in [1.29, 1.82) is 0 Å². The van der Waals surface area contributed by atoms with Crippen molar-refractivity contribution in [3.63, 3.8) is 0 Å². The lowest BCUT2D eigenvalue weighted by molar-refractivity contribution is 0.0971. The van der Waals surface area contributed by atoms with E-state index in [1.807, 2.05) is 67.6 Å². The van der Waals surface area contributed by atoms with E-state index >= 15 is 0 Å². The SMILES string of the molecule is C=CCOc1cccc(C2c3c(oc4ccc(C)cc4c3=O)C(=O)N2c2ccc(CC)cc2)c1. The molecule has 0 spiro atoms. The molecular formula is C29H25NO4. The Labute approximate surface area is 197 Å². The highest BCUT2D eigenvalue weighted by atomic mass is 16.5. The minimum absolute atomic E-state index is 0.0864. The highest BCUT2D eigenvalue weighted by molar-refractivity contribution is 6.10. The largest absolute Gasteiger partial charge is 0.490 e. The molecule has 0 fully saturated rings. The summed E-state index contributed by atoms with van der Waals surface area (Å²) < 4.78 is 11.8. The zero-order valence-corrected chi connectivity index (χ0v) is 19.2. The van der Waals surface area contributed by atoms with Crippen LogP contribution in [0.5, 0.6) is 5.75 Å². The monoisotopic (exact) mass is 451 g/mol. The van der Waals surface area contributed by atoms with E-state index in [1.165, 1.54) is 5.56 Å². The molecule has 5 rings (SSSR count). The van der Waals surface area contributed by atoms with Crippen molar-refractivity contribution in [1.82, 2.24) is 0 Å². The number of ether oxygens (including phenoxy) is 1. The van der Waals surface area contributed by atoms with Crippen LogP contribution < -0.4 is 15.1 Å². The molecule has 0 bridgehead atoms. The molecule has 1 aliphatic rings. The fraction of sp³-hybridized carbons (Fsp3) is 0.172. The van der Waals surface area contributed by atoms with E-state index in [1.54, 1.807) is 17.0 Å². The van der Waals surface area contributed by atoms with Gasteiger partial charge in [0.2, 0.25) is 5.76 Å². The Hall–Kier alpha value is -4.12. The quantitative estimate of drug-likeness (QED) is 0.339. The third kappa shape index (κ3) is 3.59. The molecule has 4 aromatic rings. The lowest BCUT2D eigenvalue weighted by Gasteiger charge is -2.25. The average molecular weight is 452 g/mol. The van der Waals surface area contributed by atoms with Crippen LogP contribution in [0.2, 0.25) is 0 Å². The summed E-state index contributed by atoms with van der Waals surface area (Å²) in [6.07, 6.45) is 2.57. The zero-order valence-electron chi connectivity index (χ0n) is 19.2. The molecule has 0 aliphatic carbocycles. The molecule has 0 radical (unpaired) electrons. The van der Waals surface area contributed by atoms with Gasteiger partial charge in [-0.3, -0.25) is 14.5 Å². The summed E-state index contributed by atoms with van der Waals surface area (Å²) in [5.74, 6) is 0.394. The summed E-state index contributed by atoms with van der Waals surface area (Å²) in [5.41, 5.74) is 4.16. The standard InChI is InChI=1S/C29H25NO4/c1-4-15-33-22-8-6-7-20(17-22)26-25-27(31)23-16-18(3)9-14-24(23)34-28(25)29(32)30(26)21-12-10-19(5-2)11-13-21/h4,6-14,16-17,26H,1,5,15H2,2-3H3. The van der Waals surface area contributed by atoms with Crippen LogP contribution in [0, 0.1) is 6.92 Å². The first-order valence-corrected chi connectivity index (χ1v) is 11.3. The molecule has 3 aromatic carbocycles. The van der Waals surface area contributed by atoms with E-state index in [9.17, 15) is 9.59 Å². The maximum Gasteiger partial charge on any atom is 0.295 e. The Kier molecular flexibility index (Phi) is 5.54. The van der Waals surface area contributed by atoms with Crippen molar-refractivity contribution in [3.05, 3.63) is 118 Å². The van der Waals surface area contributed by atoms with Crippen molar-refractivity contribution >= 4 is 22.6 Å². The number of hydrogen-bond acceptors (Lipinski definition) is 4. The van der Waals surface area contributed by atoms with Gasteiger partial charge >= 0.3 is 0 Å². The van der Waals surface area contributed by atoms with Gasteiger partial charge in [-0.15, -0.1) is 0 Å². The zero-order chi connectivity index (χ0) is 23.8. The van der Waals surface area contributed by atoms with Crippen LogP contribution >= 0.6 is 0 Å². The molecule has 1 unspecified atom stereocenters. The second-order valence-corrected chi connectivity index (χ2v) is 8.44. The summed E-state index contributed by atoms with van der Waals surface area (Å²) >= 11 is 0. The van der Waals surface area contributed by atoms with Gasteiger partial charge in [-0.1, -0.05) is 55.5 Å². The van der Waals surface area contributed by atoms with Crippen LogP contribution in [0.3, 0.4) is 0 Å². The molecule has 1 atom stereocenters. The predicted molar refractivity (Wildman–Crippen MR) is 134 cm³/mol. The minimum Gasteiger partial charge on any atom is -0.490 e. The summed E-state index contributed by atoms with van der Waals surface area (Å²) in [6, 6.07) is 20.1. The number of aryl methyl sites for hydroxylation is 2. The molecule has 2 heterocycles. The first kappa shape index (κ1) is 21.7. The number of benzene rings is 3. The molecule has 5 nitrogen and oxygen atoms in total. The van der Waals surface area contributed by atoms with Crippen molar-refractivity contribution < 1.29 is 13.9 Å². The van der Waals surface area contributed by atoms with Crippen LogP contribution in [-0.4, -0.2) is 12.5 Å². The minimum atomic E-state index is -0.636. The highest BCUT2D eigenvalue weighted by Gasteiger charge is 2.43. The fourth-order valence-corrected chi connectivity index (χ4v) is 4.49. The molecule has 1 aliphatic heterocycles. The number of fused-ring (bicyclic) bond motifs is 2. The van der Waals surface area contributed by atoms with Crippen LogP contribution in [0.1, 0.15) is 45.8 Å². The third-order valence-corrected chi connectivity index (χ3v) is 6.19. The van der Waals surface area contributed by atoms with Crippen molar-refractivity contribution in [2.24, 2.45) is 0 Å². The summed E-state index contributed by atoms with van der Waals surface area (Å²) in [5, 5.41) is 0.471. The summed E-state index contributed by atoms with van der Waals surface area (Å²) in [4.78, 5) is 29.1. The van der Waals surface area contributed by atoms with E-state index in [0.717, 1.165) is 17.5 Å². The van der Waals surface area contributed by atoms with Gasteiger partial charge in [0.1, 0.15) is 17.9 Å². The molecular weight excluding hydrogens is 426 g/mol. The molecule has 0 saturated heterocycles. The number of anilines is 1. The molecule has 34 heavy (non-hydrogen) atoms. The normalized spacial score (nSPS) is 14.9. The van der Waals surface area contributed by atoms with Gasteiger partial charge in [-0.25, -0.2) is 0 Å². The van der Waals surface area contributed by atoms with Gasteiger partial charge < -0.3 is 9.15 Å².